The highest BCUT2D eigenvalue weighted by molar-refractivity contribution is 5.41. The molecule has 2 nitrogen and oxygen atoms in total. The predicted octanol–water partition coefficient (Wildman–Crippen LogP) is 5.57. The van der Waals surface area contributed by atoms with Crippen molar-refractivity contribution in [3.63, 3.8) is 0 Å². The van der Waals surface area contributed by atoms with Gasteiger partial charge in [-0.15, -0.1) is 0 Å². The third-order valence-corrected chi connectivity index (χ3v) is 5.07. The van der Waals surface area contributed by atoms with E-state index in [9.17, 15) is 0 Å². The quantitative estimate of drug-likeness (QED) is 0.592. The van der Waals surface area contributed by atoms with Gasteiger partial charge in [0.2, 0.25) is 0 Å². The molecule has 0 bridgehead atoms. The number of likely N-dealkylation sites (N-methyl/N-ethyl adjacent to an activating group) is 1. The molecule has 0 amide bonds. The molecular formula is C23H33NO. The zero-order chi connectivity index (χ0) is 18.2. The van der Waals surface area contributed by atoms with Crippen LogP contribution >= 0.6 is 0 Å². The Morgan fingerprint density at radius 1 is 0.920 bits per heavy atom. The summed E-state index contributed by atoms with van der Waals surface area (Å²) in [5.41, 5.74) is 5.51. The van der Waals surface area contributed by atoms with Crippen molar-refractivity contribution in [3.8, 4) is 5.75 Å². The van der Waals surface area contributed by atoms with E-state index in [1.54, 1.807) is 0 Å². The zero-order valence-corrected chi connectivity index (χ0v) is 16.5. The second kappa shape index (κ2) is 9.62. The Balaban J connectivity index is 2.06. The lowest BCUT2D eigenvalue weighted by Gasteiger charge is -2.20. The fourth-order valence-electron chi connectivity index (χ4n) is 3.40. The number of rotatable bonds is 9. The van der Waals surface area contributed by atoms with Crippen LogP contribution in [0.1, 0.15) is 55.4 Å². The molecule has 1 unspecified atom stereocenters. The molecule has 2 aromatic carbocycles. The molecule has 25 heavy (non-hydrogen) atoms. The molecule has 0 radical (unpaired) electrons. The molecule has 2 aromatic rings. The van der Waals surface area contributed by atoms with Gasteiger partial charge in [0, 0.05) is 12.5 Å². The molecule has 0 fully saturated rings. The topological polar surface area (TPSA) is 12.5 Å². The number of benzene rings is 2. The molecule has 0 saturated heterocycles. The minimum Gasteiger partial charge on any atom is -0.492 e. The Hall–Kier alpha value is -1.80. The van der Waals surface area contributed by atoms with Crippen LogP contribution in [-0.4, -0.2) is 31.1 Å². The number of nitrogens with zero attached hydrogens (tertiary/aromatic N) is 1. The lowest BCUT2D eigenvalue weighted by molar-refractivity contribution is 0.223. The molecule has 0 aliphatic carbocycles. The summed E-state index contributed by atoms with van der Waals surface area (Å²) in [6, 6.07) is 15.4. The van der Waals surface area contributed by atoms with Crippen LogP contribution in [0.2, 0.25) is 0 Å². The Labute approximate surface area is 153 Å². The average molecular weight is 340 g/mol. The smallest absolute Gasteiger partial charge is 0.119 e. The highest BCUT2D eigenvalue weighted by Gasteiger charge is 2.14. The lowest BCUT2D eigenvalue weighted by Crippen LogP contribution is -2.27. The molecule has 0 spiro atoms. The fraction of sp³-hybridized carbons (Fsp3) is 0.478. The van der Waals surface area contributed by atoms with Crippen molar-refractivity contribution in [2.24, 2.45) is 0 Å². The summed E-state index contributed by atoms with van der Waals surface area (Å²) >= 11 is 0. The zero-order valence-electron chi connectivity index (χ0n) is 16.5. The van der Waals surface area contributed by atoms with Crippen LogP contribution in [0.25, 0.3) is 0 Å². The van der Waals surface area contributed by atoms with Crippen LogP contribution in [0.4, 0.5) is 0 Å². The maximum Gasteiger partial charge on any atom is 0.119 e. The summed E-state index contributed by atoms with van der Waals surface area (Å²) in [7, 11) is 0. The van der Waals surface area contributed by atoms with Crippen LogP contribution in [-0.2, 0) is 0 Å². The summed E-state index contributed by atoms with van der Waals surface area (Å²) < 4.78 is 5.92. The minimum atomic E-state index is 0.449. The molecule has 2 heteroatoms. The molecule has 0 saturated carbocycles. The molecule has 0 heterocycles. The van der Waals surface area contributed by atoms with Crippen molar-refractivity contribution in [2.45, 2.75) is 47.0 Å². The van der Waals surface area contributed by atoms with Gasteiger partial charge in [-0.2, -0.15) is 0 Å². The van der Waals surface area contributed by atoms with Crippen LogP contribution < -0.4 is 4.74 Å². The van der Waals surface area contributed by atoms with Crippen LogP contribution in [0.15, 0.2) is 42.5 Å². The van der Waals surface area contributed by atoms with Gasteiger partial charge < -0.3 is 9.64 Å². The minimum absolute atomic E-state index is 0.449. The summed E-state index contributed by atoms with van der Waals surface area (Å²) in [5.74, 6) is 1.41. The molecule has 0 aliphatic rings. The van der Waals surface area contributed by atoms with E-state index in [1.807, 2.05) is 0 Å². The molecular weight excluding hydrogens is 306 g/mol. The molecule has 0 N–H and O–H groups in total. The summed E-state index contributed by atoms with van der Waals surface area (Å²) in [5, 5.41) is 0. The van der Waals surface area contributed by atoms with Crippen molar-refractivity contribution in [1.82, 2.24) is 4.90 Å². The van der Waals surface area contributed by atoms with Crippen molar-refractivity contribution in [1.29, 1.82) is 0 Å². The highest BCUT2D eigenvalue weighted by Crippen LogP contribution is 2.31. The number of aryl methyl sites for hydroxylation is 2. The first-order chi connectivity index (χ1) is 12.1. The molecule has 2 rings (SSSR count). The maximum atomic E-state index is 5.92. The molecule has 0 aromatic heterocycles. The van der Waals surface area contributed by atoms with Gasteiger partial charge >= 0.3 is 0 Å². The Kier molecular flexibility index (Phi) is 7.52. The van der Waals surface area contributed by atoms with Crippen LogP contribution in [0.5, 0.6) is 5.75 Å². The lowest BCUT2D eigenvalue weighted by atomic mass is 9.86. The first kappa shape index (κ1) is 19.5. The standard InChI is InChI=1S/C23H33NO/c1-6-22(23-17-18(4)9-10-19(23)5)20-11-13-21(14-12-20)25-16-15-24(7-2)8-3/h9-14,17,22H,6-8,15-16H2,1-5H3. The third kappa shape index (κ3) is 5.34. The van der Waals surface area contributed by atoms with Gasteiger partial charge in [-0.3, -0.25) is 0 Å². The Morgan fingerprint density at radius 3 is 2.20 bits per heavy atom. The van der Waals surface area contributed by atoms with E-state index in [1.165, 1.54) is 22.3 Å². The van der Waals surface area contributed by atoms with Gasteiger partial charge in [-0.05, 0) is 62.2 Å². The van der Waals surface area contributed by atoms with E-state index in [-0.39, 0.29) is 0 Å². The Bertz CT molecular complexity index is 644. The van der Waals surface area contributed by atoms with E-state index < -0.39 is 0 Å². The summed E-state index contributed by atoms with van der Waals surface area (Å²) in [6.45, 7) is 14.9. The second-order valence-corrected chi connectivity index (χ2v) is 6.77. The van der Waals surface area contributed by atoms with Gasteiger partial charge in [0.1, 0.15) is 12.4 Å². The first-order valence-electron chi connectivity index (χ1n) is 9.61. The van der Waals surface area contributed by atoms with Crippen molar-refractivity contribution >= 4 is 0 Å². The van der Waals surface area contributed by atoms with Crippen molar-refractivity contribution < 1.29 is 4.74 Å². The highest BCUT2D eigenvalue weighted by atomic mass is 16.5. The summed E-state index contributed by atoms with van der Waals surface area (Å²) in [6.07, 6.45) is 1.10. The van der Waals surface area contributed by atoms with Crippen molar-refractivity contribution in [2.75, 3.05) is 26.2 Å². The van der Waals surface area contributed by atoms with E-state index in [0.29, 0.717) is 5.92 Å². The largest absolute Gasteiger partial charge is 0.492 e. The summed E-state index contributed by atoms with van der Waals surface area (Å²) in [4.78, 5) is 2.38. The maximum absolute atomic E-state index is 5.92. The van der Waals surface area contributed by atoms with Gasteiger partial charge in [0.25, 0.3) is 0 Å². The van der Waals surface area contributed by atoms with Gasteiger partial charge in [-0.25, -0.2) is 0 Å². The monoisotopic (exact) mass is 339 g/mol. The predicted molar refractivity (Wildman–Crippen MR) is 108 cm³/mol. The van der Waals surface area contributed by atoms with E-state index in [2.05, 4.69) is 82.0 Å². The molecule has 1 atom stereocenters. The van der Waals surface area contributed by atoms with Gasteiger partial charge in [0.05, 0.1) is 0 Å². The fourth-order valence-corrected chi connectivity index (χ4v) is 3.40. The normalized spacial score (nSPS) is 12.4. The number of hydrogen-bond acceptors (Lipinski definition) is 2. The molecule has 0 aliphatic heterocycles. The average Bonchev–Trinajstić information content (AvgIpc) is 2.63. The SMILES string of the molecule is CCC(c1ccc(OCCN(CC)CC)cc1)c1cc(C)ccc1C. The third-order valence-electron chi connectivity index (χ3n) is 5.07. The second-order valence-electron chi connectivity index (χ2n) is 6.77. The van der Waals surface area contributed by atoms with Gasteiger partial charge in [-0.1, -0.05) is 56.7 Å². The number of ether oxygens (including phenoxy) is 1. The van der Waals surface area contributed by atoms with Gasteiger partial charge in [0.15, 0.2) is 0 Å². The van der Waals surface area contributed by atoms with E-state index >= 15 is 0 Å². The van der Waals surface area contributed by atoms with Crippen molar-refractivity contribution in [3.05, 3.63) is 64.7 Å². The van der Waals surface area contributed by atoms with E-state index in [4.69, 9.17) is 4.74 Å². The molecule has 136 valence electrons. The number of hydrogen-bond donors (Lipinski definition) is 0. The van der Waals surface area contributed by atoms with Crippen LogP contribution in [0, 0.1) is 13.8 Å². The first-order valence-corrected chi connectivity index (χ1v) is 9.61. The van der Waals surface area contributed by atoms with E-state index in [0.717, 1.165) is 38.4 Å². The Morgan fingerprint density at radius 2 is 1.60 bits per heavy atom. The van der Waals surface area contributed by atoms with Crippen LogP contribution in [0.3, 0.4) is 0 Å².